The van der Waals surface area contributed by atoms with Crippen molar-refractivity contribution in [2.45, 2.75) is 12.3 Å². The molecule has 0 radical (unpaired) electrons. The van der Waals surface area contributed by atoms with Crippen LogP contribution in [0.15, 0.2) is 53.3 Å². The summed E-state index contributed by atoms with van der Waals surface area (Å²) in [7, 11) is 0. The highest BCUT2D eigenvalue weighted by Gasteiger charge is 2.35. The van der Waals surface area contributed by atoms with Gasteiger partial charge in [0.05, 0.1) is 5.92 Å². The number of hydrogen-bond acceptors (Lipinski definition) is 5. The third-order valence-corrected chi connectivity index (χ3v) is 4.19. The molecule has 7 heteroatoms. The molecular weight excluding hydrogens is 328 g/mol. The van der Waals surface area contributed by atoms with Gasteiger partial charge in [0.1, 0.15) is 0 Å². The zero-order valence-corrected chi connectivity index (χ0v) is 13.3. The van der Waals surface area contributed by atoms with E-state index in [0.29, 0.717) is 29.7 Å². The van der Waals surface area contributed by atoms with Gasteiger partial charge >= 0.3 is 0 Å². The smallest absolute Gasteiger partial charge is 0.232 e. The van der Waals surface area contributed by atoms with Crippen molar-refractivity contribution < 1.29 is 9.32 Å². The number of anilines is 1. The Hall–Kier alpha value is -2.73. The summed E-state index contributed by atoms with van der Waals surface area (Å²) in [6, 6.07) is 10.9. The summed E-state index contributed by atoms with van der Waals surface area (Å²) in [6.07, 6.45) is 3.69. The molecule has 4 rings (SSSR count). The van der Waals surface area contributed by atoms with E-state index in [1.807, 2.05) is 24.3 Å². The molecule has 0 bridgehead atoms. The Morgan fingerprint density at radius 3 is 2.96 bits per heavy atom. The maximum Gasteiger partial charge on any atom is 0.232 e. The fraction of sp³-hybridized carbons (Fsp3) is 0.176. The van der Waals surface area contributed by atoms with Gasteiger partial charge in [-0.1, -0.05) is 22.8 Å². The fourth-order valence-corrected chi connectivity index (χ4v) is 2.96. The van der Waals surface area contributed by atoms with Gasteiger partial charge < -0.3 is 9.42 Å². The molecule has 1 aliphatic rings. The molecule has 6 nitrogen and oxygen atoms in total. The predicted octanol–water partition coefficient (Wildman–Crippen LogP) is 3.31. The molecule has 0 aliphatic carbocycles. The van der Waals surface area contributed by atoms with E-state index in [9.17, 15) is 4.79 Å². The average molecular weight is 341 g/mol. The summed E-state index contributed by atoms with van der Waals surface area (Å²) in [5.74, 6) is 0.830. The van der Waals surface area contributed by atoms with Crippen molar-refractivity contribution in [2.75, 3.05) is 11.4 Å². The van der Waals surface area contributed by atoms with Crippen LogP contribution in [0.2, 0.25) is 5.02 Å². The molecule has 120 valence electrons. The van der Waals surface area contributed by atoms with Gasteiger partial charge in [0.15, 0.2) is 0 Å². The number of benzene rings is 1. The SMILES string of the molecule is O=C1C[C@H](c2nc(-c3cccnc3)no2)CN1c1cccc(Cl)c1. The number of hydrogen-bond donors (Lipinski definition) is 0. The lowest BCUT2D eigenvalue weighted by atomic mass is 10.1. The molecule has 0 saturated carbocycles. The highest BCUT2D eigenvalue weighted by molar-refractivity contribution is 6.30. The summed E-state index contributed by atoms with van der Waals surface area (Å²) in [5.41, 5.74) is 1.56. The first-order valence-corrected chi connectivity index (χ1v) is 7.88. The maximum absolute atomic E-state index is 12.3. The lowest BCUT2D eigenvalue weighted by Gasteiger charge is -2.16. The molecule has 24 heavy (non-hydrogen) atoms. The monoisotopic (exact) mass is 340 g/mol. The van der Waals surface area contributed by atoms with E-state index in [2.05, 4.69) is 15.1 Å². The molecule has 0 N–H and O–H groups in total. The quantitative estimate of drug-likeness (QED) is 0.731. The van der Waals surface area contributed by atoms with Crippen LogP contribution >= 0.6 is 11.6 Å². The van der Waals surface area contributed by atoms with Crippen molar-refractivity contribution in [3.63, 3.8) is 0 Å². The Morgan fingerprint density at radius 1 is 1.25 bits per heavy atom. The topological polar surface area (TPSA) is 72.1 Å². The van der Waals surface area contributed by atoms with E-state index in [1.54, 1.807) is 29.4 Å². The molecule has 1 saturated heterocycles. The number of carbonyl (C=O) groups is 1. The largest absolute Gasteiger partial charge is 0.339 e. The number of aromatic nitrogens is 3. The number of rotatable bonds is 3. The standard InChI is InChI=1S/C17H13ClN4O2/c18-13-4-1-5-14(8-13)22-10-12(7-15(22)23)17-20-16(21-24-17)11-3-2-6-19-9-11/h1-6,8-9,12H,7,10H2/t12-/m0/s1. The minimum Gasteiger partial charge on any atom is -0.339 e. The fourth-order valence-electron chi connectivity index (χ4n) is 2.78. The third-order valence-electron chi connectivity index (χ3n) is 3.96. The minimum absolute atomic E-state index is 0.0170. The molecule has 2 aromatic heterocycles. The zero-order chi connectivity index (χ0) is 16.5. The van der Waals surface area contributed by atoms with E-state index < -0.39 is 0 Å². The third kappa shape index (κ3) is 2.76. The van der Waals surface area contributed by atoms with Gasteiger partial charge in [0.2, 0.25) is 17.6 Å². The Kier molecular flexibility index (Phi) is 3.74. The van der Waals surface area contributed by atoms with Gasteiger partial charge in [0, 0.05) is 41.6 Å². The van der Waals surface area contributed by atoms with Crippen LogP contribution in [-0.2, 0) is 4.79 Å². The summed E-state index contributed by atoms with van der Waals surface area (Å²) in [4.78, 5) is 22.5. The van der Waals surface area contributed by atoms with Crippen LogP contribution < -0.4 is 4.90 Å². The van der Waals surface area contributed by atoms with Gasteiger partial charge in [0.25, 0.3) is 0 Å². The summed E-state index contributed by atoms with van der Waals surface area (Å²) in [5, 5.41) is 4.59. The first-order chi connectivity index (χ1) is 11.7. The maximum atomic E-state index is 12.3. The average Bonchev–Trinajstić information content (AvgIpc) is 3.22. The number of amides is 1. The molecule has 1 amide bonds. The van der Waals surface area contributed by atoms with Gasteiger partial charge in [-0.05, 0) is 30.3 Å². The molecular formula is C17H13ClN4O2. The van der Waals surface area contributed by atoms with Crippen LogP contribution in [0.25, 0.3) is 11.4 Å². The summed E-state index contributed by atoms with van der Waals surface area (Å²) < 4.78 is 5.37. The molecule has 1 fully saturated rings. The van der Waals surface area contributed by atoms with Crippen LogP contribution in [0, 0.1) is 0 Å². The Morgan fingerprint density at radius 2 is 2.17 bits per heavy atom. The van der Waals surface area contributed by atoms with Gasteiger partial charge in [-0.15, -0.1) is 0 Å². The number of halogens is 1. The van der Waals surface area contributed by atoms with Gasteiger partial charge in [-0.3, -0.25) is 9.78 Å². The molecule has 3 aromatic rings. The van der Waals surface area contributed by atoms with Crippen LogP contribution in [0.4, 0.5) is 5.69 Å². The molecule has 0 spiro atoms. The second-order valence-electron chi connectivity index (χ2n) is 5.58. The van der Waals surface area contributed by atoms with E-state index in [0.717, 1.165) is 11.3 Å². The second kappa shape index (κ2) is 6.05. The van der Waals surface area contributed by atoms with Crippen molar-refractivity contribution in [1.82, 2.24) is 15.1 Å². The summed E-state index contributed by atoms with van der Waals surface area (Å²) in [6.45, 7) is 0.494. The molecule has 1 aromatic carbocycles. The Labute approximate surface area is 143 Å². The molecule has 3 heterocycles. The van der Waals surface area contributed by atoms with Crippen LogP contribution in [0.3, 0.4) is 0 Å². The van der Waals surface area contributed by atoms with Crippen molar-refractivity contribution in [1.29, 1.82) is 0 Å². The second-order valence-corrected chi connectivity index (χ2v) is 6.02. The van der Waals surface area contributed by atoms with Gasteiger partial charge in [-0.2, -0.15) is 4.98 Å². The van der Waals surface area contributed by atoms with Crippen molar-refractivity contribution in [3.8, 4) is 11.4 Å². The zero-order valence-electron chi connectivity index (χ0n) is 12.6. The van der Waals surface area contributed by atoms with E-state index >= 15 is 0 Å². The normalized spacial score (nSPS) is 17.5. The van der Waals surface area contributed by atoms with Crippen molar-refractivity contribution in [3.05, 3.63) is 59.7 Å². The number of nitrogens with zero attached hydrogens (tertiary/aromatic N) is 4. The lowest BCUT2D eigenvalue weighted by molar-refractivity contribution is -0.117. The predicted molar refractivity (Wildman–Crippen MR) is 88.7 cm³/mol. The Bertz CT molecular complexity index is 881. The molecule has 1 atom stereocenters. The van der Waals surface area contributed by atoms with Gasteiger partial charge in [-0.25, -0.2) is 0 Å². The van der Waals surface area contributed by atoms with Crippen molar-refractivity contribution >= 4 is 23.2 Å². The summed E-state index contributed by atoms with van der Waals surface area (Å²) >= 11 is 6.01. The first-order valence-electron chi connectivity index (χ1n) is 7.50. The highest BCUT2D eigenvalue weighted by atomic mass is 35.5. The minimum atomic E-state index is -0.130. The molecule has 1 aliphatic heterocycles. The molecule has 0 unspecified atom stereocenters. The van der Waals surface area contributed by atoms with E-state index in [-0.39, 0.29) is 11.8 Å². The first kappa shape index (κ1) is 14.8. The lowest BCUT2D eigenvalue weighted by Crippen LogP contribution is -2.24. The van der Waals surface area contributed by atoms with E-state index in [4.69, 9.17) is 16.1 Å². The Balaban J connectivity index is 1.56. The van der Waals surface area contributed by atoms with Crippen LogP contribution in [-0.4, -0.2) is 27.6 Å². The van der Waals surface area contributed by atoms with E-state index in [1.165, 1.54) is 0 Å². The van der Waals surface area contributed by atoms with Crippen molar-refractivity contribution in [2.24, 2.45) is 0 Å². The number of pyridine rings is 1. The number of carbonyl (C=O) groups excluding carboxylic acids is 1. The van der Waals surface area contributed by atoms with Crippen LogP contribution in [0.5, 0.6) is 0 Å². The van der Waals surface area contributed by atoms with Crippen LogP contribution in [0.1, 0.15) is 18.2 Å². The highest BCUT2D eigenvalue weighted by Crippen LogP contribution is 2.32.